The zero-order valence-electron chi connectivity index (χ0n) is 10.4. The molecule has 1 unspecified atom stereocenters. The quantitative estimate of drug-likeness (QED) is 0.873. The van der Waals surface area contributed by atoms with Gasteiger partial charge in [0.25, 0.3) is 0 Å². The van der Waals surface area contributed by atoms with Gasteiger partial charge in [-0.1, -0.05) is 24.6 Å². The van der Waals surface area contributed by atoms with E-state index in [1.807, 2.05) is 31.2 Å². The molecule has 1 heterocycles. The summed E-state index contributed by atoms with van der Waals surface area (Å²) in [5, 5.41) is 14.2. The number of nitrogens with zero attached hydrogens (tertiary/aromatic N) is 1. The highest BCUT2D eigenvalue weighted by Crippen LogP contribution is 2.22. The minimum atomic E-state index is 0.114. The molecule has 2 aromatic rings. The SMILES string of the molecule is CCC(CO)NCc1cc(Cl)cc2cccnc12. The smallest absolute Gasteiger partial charge is 0.0747 e. The van der Waals surface area contributed by atoms with Crippen LogP contribution in [0.1, 0.15) is 18.9 Å². The highest BCUT2D eigenvalue weighted by molar-refractivity contribution is 6.31. The van der Waals surface area contributed by atoms with E-state index >= 15 is 0 Å². The van der Waals surface area contributed by atoms with Crippen molar-refractivity contribution in [2.24, 2.45) is 0 Å². The summed E-state index contributed by atoms with van der Waals surface area (Å²) in [4.78, 5) is 4.39. The fourth-order valence-electron chi connectivity index (χ4n) is 1.95. The summed E-state index contributed by atoms with van der Waals surface area (Å²) in [5.74, 6) is 0. The molecular weight excluding hydrogens is 248 g/mol. The molecule has 0 aliphatic rings. The van der Waals surface area contributed by atoms with Crippen molar-refractivity contribution in [3.8, 4) is 0 Å². The number of rotatable bonds is 5. The molecule has 0 radical (unpaired) electrons. The van der Waals surface area contributed by atoms with E-state index in [0.29, 0.717) is 11.6 Å². The summed E-state index contributed by atoms with van der Waals surface area (Å²) in [6.45, 7) is 2.85. The van der Waals surface area contributed by atoms with Crippen molar-refractivity contribution in [2.45, 2.75) is 25.9 Å². The van der Waals surface area contributed by atoms with Crippen molar-refractivity contribution in [1.29, 1.82) is 0 Å². The molecule has 0 aliphatic carbocycles. The van der Waals surface area contributed by atoms with Crippen LogP contribution in [0.25, 0.3) is 10.9 Å². The number of hydrogen-bond acceptors (Lipinski definition) is 3. The lowest BCUT2D eigenvalue weighted by Crippen LogP contribution is -2.31. The maximum atomic E-state index is 9.17. The van der Waals surface area contributed by atoms with Crippen molar-refractivity contribution in [3.05, 3.63) is 41.0 Å². The number of hydrogen-bond donors (Lipinski definition) is 2. The third kappa shape index (κ3) is 2.99. The third-order valence-electron chi connectivity index (χ3n) is 3.04. The van der Waals surface area contributed by atoms with E-state index in [-0.39, 0.29) is 12.6 Å². The standard InChI is InChI=1S/C14H17ClN2O/c1-2-13(9-18)17-8-11-7-12(15)6-10-4-3-5-16-14(10)11/h3-7,13,17-18H,2,8-9H2,1H3. The van der Waals surface area contributed by atoms with Crippen LogP contribution in [0.5, 0.6) is 0 Å². The van der Waals surface area contributed by atoms with Crippen molar-refractivity contribution < 1.29 is 5.11 Å². The summed E-state index contributed by atoms with van der Waals surface area (Å²) in [6.07, 6.45) is 2.67. The normalized spacial score (nSPS) is 12.8. The van der Waals surface area contributed by atoms with Crippen LogP contribution in [0.15, 0.2) is 30.5 Å². The van der Waals surface area contributed by atoms with Gasteiger partial charge < -0.3 is 10.4 Å². The number of aliphatic hydroxyl groups is 1. The maximum Gasteiger partial charge on any atom is 0.0747 e. The second-order valence-electron chi connectivity index (χ2n) is 4.31. The first-order valence-electron chi connectivity index (χ1n) is 6.12. The van der Waals surface area contributed by atoms with Crippen LogP contribution in [0.3, 0.4) is 0 Å². The van der Waals surface area contributed by atoms with E-state index < -0.39 is 0 Å². The number of halogens is 1. The lowest BCUT2D eigenvalue weighted by atomic mass is 10.1. The molecule has 0 spiro atoms. The Hall–Kier alpha value is -1.16. The monoisotopic (exact) mass is 264 g/mol. The topological polar surface area (TPSA) is 45.1 Å². The Kier molecular flexibility index (Phi) is 4.53. The summed E-state index contributed by atoms with van der Waals surface area (Å²) in [5.41, 5.74) is 2.02. The molecule has 18 heavy (non-hydrogen) atoms. The predicted molar refractivity (Wildman–Crippen MR) is 74.8 cm³/mol. The molecule has 1 atom stereocenters. The van der Waals surface area contributed by atoms with E-state index in [4.69, 9.17) is 16.7 Å². The minimum Gasteiger partial charge on any atom is -0.395 e. The van der Waals surface area contributed by atoms with E-state index in [1.165, 1.54) is 0 Å². The Labute approximate surface area is 112 Å². The Morgan fingerprint density at radius 1 is 1.44 bits per heavy atom. The molecule has 2 N–H and O–H groups in total. The minimum absolute atomic E-state index is 0.114. The third-order valence-corrected chi connectivity index (χ3v) is 3.26. The van der Waals surface area contributed by atoms with Crippen LogP contribution >= 0.6 is 11.6 Å². The fraction of sp³-hybridized carbons (Fsp3) is 0.357. The largest absolute Gasteiger partial charge is 0.395 e. The van der Waals surface area contributed by atoms with Crippen molar-refractivity contribution in [2.75, 3.05) is 6.61 Å². The van der Waals surface area contributed by atoms with Gasteiger partial charge in [0, 0.05) is 29.2 Å². The fourth-order valence-corrected chi connectivity index (χ4v) is 2.20. The van der Waals surface area contributed by atoms with Crippen LogP contribution in [0, 0.1) is 0 Å². The van der Waals surface area contributed by atoms with Crippen molar-refractivity contribution >= 4 is 22.5 Å². The van der Waals surface area contributed by atoms with E-state index in [9.17, 15) is 0 Å². The van der Waals surface area contributed by atoms with Gasteiger partial charge in [0.2, 0.25) is 0 Å². The van der Waals surface area contributed by atoms with E-state index in [1.54, 1.807) is 6.20 Å². The van der Waals surface area contributed by atoms with Gasteiger partial charge >= 0.3 is 0 Å². The second-order valence-corrected chi connectivity index (χ2v) is 4.75. The van der Waals surface area contributed by atoms with Gasteiger partial charge in [-0.15, -0.1) is 0 Å². The van der Waals surface area contributed by atoms with Crippen molar-refractivity contribution in [3.63, 3.8) is 0 Å². The molecule has 4 heteroatoms. The van der Waals surface area contributed by atoms with Gasteiger partial charge in [0.1, 0.15) is 0 Å². The highest BCUT2D eigenvalue weighted by Gasteiger charge is 2.07. The van der Waals surface area contributed by atoms with Gasteiger partial charge in [0.15, 0.2) is 0 Å². The van der Waals surface area contributed by atoms with Gasteiger partial charge in [0.05, 0.1) is 12.1 Å². The van der Waals surface area contributed by atoms with Crippen LogP contribution in [-0.2, 0) is 6.54 Å². The highest BCUT2D eigenvalue weighted by atomic mass is 35.5. The molecule has 3 nitrogen and oxygen atoms in total. The van der Waals surface area contributed by atoms with Crippen LogP contribution in [0.2, 0.25) is 5.02 Å². The van der Waals surface area contributed by atoms with E-state index in [2.05, 4.69) is 10.3 Å². The maximum absolute atomic E-state index is 9.17. The Balaban J connectivity index is 2.26. The molecule has 0 saturated carbocycles. The number of benzene rings is 1. The molecule has 0 amide bonds. The van der Waals surface area contributed by atoms with E-state index in [0.717, 1.165) is 22.9 Å². The summed E-state index contributed by atoms with van der Waals surface area (Å²) in [7, 11) is 0. The molecule has 2 rings (SSSR count). The predicted octanol–water partition coefficient (Wildman–Crippen LogP) is 2.75. The summed E-state index contributed by atoms with van der Waals surface area (Å²) < 4.78 is 0. The van der Waals surface area contributed by atoms with Gasteiger partial charge in [-0.3, -0.25) is 4.98 Å². The van der Waals surface area contributed by atoms with Crippen LogP contribution in [-0.4, -0.2) is 22.7 Å². The molecule has 96 valence electrons. The second kappa shape index (κ2) is 6.14. The first kappa shape index (κ1) is 13.3. The number of pyridine rings is 1. The molecular formula is C14H17ClN2O. The Morgan fingerprint density at radius 3 is 3.00 bits per heavy atom. The lowest BCUT2D eigenvalue weighted by molar-refractivity contribution is 0.238. The molecule has 1 aromatic carbocycles. The summed E-state index contributed by atoms with van der Waals surface area (Å²) in [6, 6.07) is 7.85. The van der Waals surface area contributed by atoms with Crippen LogP contribution in [0.4, 0.5) is 0 Å². The first-order chi connectivity index (χ1) is 8.74. The Morgan fingerprint density at radius 2 is 2.28 bits per heavy atom. The van der Waals surface area contributed by atoms with Gasteiger partial charge in [-0.2, -0.15) is 0 Å². The zero-order chi connectivity index (χ0) is 13.0. The van der Waals surface area contributed by atoms with Gasteiger partial charge in [-0.05, 0) is 30.2 Å². The average Bonchev–Trinajstić information content (AvgIpc) is 2.39. The molecule has 0 bridgehead atoms. The Bertz CT molecular complexity index is 526. The zero-order valence-corrected chi connectivity index (χ0v) is 11.1. The van der Waals surface area contributed by atoms with Crippen molar-refractivity contribution in [1.82, 2.24) is 10.3 Å². The number of aliphatic hydroxyl groups excluding tert-OH is 1. The van der Waals surface area contributed by atoms with Gasteiger partial charge in [-0.25, -0.2) is 0 Å². The molecule has 0 aliphatic heterocycles. The lowest BCUT2D eigenvalue weighted by Gasteiger charge is -2.15. The summed E-state index contributed by atoms with van der Waals surface area (Å²) >= 11 is 6.10. The molecule has 1 aromatic heterocycles. The first-order valence-corrected chi connectivity index (χ1v) is 6.49. The molecule has 0 saturated heterocycles. The average molecular weight is 265 g/mol. The molecule has 0 fully saturated rings. The number of aromatic nitrogens is 1. The van der Waals surface area contributed by atoms with Crippen LogP contribution < -0.4 is 5.32 Å². The number of fused-ring (bicyclic) bond motifs is 1. The number of nitrogens with one attached hydrogen (secondary N) is 1.